The van der Waals surface area contributed by atoms with Gasteiger partial charge in [-0.1, -0.05) is 32.6 Å². The molecule has 0 radical (unpaired) electrons. The second kappa shape index (κ2) is 4.30. The van der Waals surface area contributed by atoms with Crippen LogP contribution in [0.25, 0.3) is 0 Å². The van der Waals surface area contributed by atoms with Gasteiger partial charge in [0.1, 0.15) is 0 Å². The fraction of sp³-hybridized carbons (Fsp3) is 1.00. The highest BCUT2D eigenvalue weighted by molar-refractivity contribution is 5.02. The SMILES string of the molecule is CC1CCC(CN)(C(C)(O)CC2CCC2)C1. The fourth-order valence-corrected chi connectivity index (χ4v) is 3.76. The molecule has 0 heterocycles. The smallest absolute Gasteiger partial charge is 0.0690 e. The first-order valence-corrected chi connectivity index (χ1v) is 6.91. The van der Waals surface area contributed by atoms with Gasteiger partial charge < -0.3 is 10.8 Å². The number of rotatable bonds is 4. The lowest BCUT2D eigenvalue weighted by Crippen LogP contribution is -2.50. The van der Waals surface area contributed by atoms with Crippen molar-refractivity contribution < 1.29 is 5.11 Å². The zero-order chi connectivity index (χ0) is 11.8. The van der Waals surface area contributed by atoms with Gasteiger partial charge in [-0.05, 0) is 38.0 Å². The molecule has 0 aromatic heterocycles. The molecule has 16 heavy (non-hydrogen) atoms. The molecule has 3 N–H and O–H groups in total. The van der Waals surface area contributed by atoms with Crippen LogP contribution < -0.4 is 5.73 Å². The van der Waals surface area contributed by atoms with Crippen molar-refractivity contribution in [2.75, 3.05) is 6.54 Å². The summed E-state index contributed by atoms with van der Waals surface area (Å²) >= 11 is 0. The summed E-state index contributed by atoms with van der Waals surface area (Å²) in [5, 5.41) is 10.8. The topological polar surface area (TPSA) is 46.2 Å². The van der Waals surface area contributed by atoms with Crippen LogP contribution in [0.1, 0.15) is 58.8 Å². The van der Waals surface area contributed by atoms with Crippen LogP contribution in [0.5, 0.6) is 0 Å². The van der Waals surface area contributed by atoms with Gasteiger partial charge in [-0.2, -0.15) is 0 Å². The molecular formula is C14H27NO. The Kier molecular flexibility index (Phi) is 3.33. The van der Waals surface area contributed by atoms with Crippen molar-refractivity contribution in [3.8, 4) is 0 Å². The monoisotopic (exact) mass is 225 g/mol. The van der Waals surface area contributed by atoms with E-state index < -0.39 is 5.60 Å². The number of nitrogens with two attached hydrogens (primary N) is 1. The molecule has 0 spiro atoms. The predicted octanol–water partition coefficient (Wildman–Crippen LogP) is 2.69. The zero-order valence-corrected chi connectivity index (χ0v) is 10.8. The van der Waals surface area contributed by atoms with E-state index >= 15 is 0 Å². The normalized spacial score (nSPS) is 39.4. The maximum absolute atomic E-state index is 10.8. The van der Waals surface area contributed by atoms with Crippen LogP contribution in [0.15, 0.2) is 0 Å². The Balaban J connectivity index is 2.05. The van der Waals surface area contributed by atoms with E-state index in [0.29, 0.717) is 6.54 Å². The molecule has 2 saturated carbocycles. The standard InChI is InChI=1S/C14H27NO/c1-11-6-7-14(8-11,10-15)13(2,16)9-12-4-3-5-12/h11-12,16H,3-10,15H2,1-2H3. The van der Waals surface area contributed by atoms with Crippen LogP contribution in [-0.2, 0) is 0 Å². The molecule has 2 aliphatic carbocycles. The van der Waals surface area contributed by atoms with E-state index in [4.69, 9.17) is 5.73 Å². The van der Waals surface area contributed by atoms with E-state index in [1.54, 1.807) is 0 Å². The van der Waals surface area contributed by atoms with E-state index in [-0.39, 0.29) is 5.41 Å². The highest BCUT2D eigenvalue weighted by Gasteiger charge is 2.50. The minimum atomic E-state index is -0.544. The lowest BCUT2D eigenvalue weighted by molar-refractivity contribution is -0.0877. The van der Waals surface area contributed by atoms with Crippen LogP contribution >= 0.6 is 0 Å². The van der Waals surface area contributed by atoms with Crippen LogP contribution in [0.3, 0.4) is 0 Å². The van der Waals surface area contributed by atoms with Gasteiger partial charge in [0, 0.05) is 12.0 Å². The Bertz CT molecular complexity index is 247. The van der Waals surface area contributed by atoms with Gasteiger partial charge in [0.2, 0.25) is 0 Å². The molecule has 0 aromatic rings. The van der Waals surface area contributed by atoms with Crippen molar-refractivity contribution in [1.29, 1.82) is 0 Å². The molecule has 0 bridgehead atoms. The Labute approximate surface area is 99.6 Å². The molecule has 2 fully saturated rings. The van der Waals surface area contributed by atoms with Crippen LogP contribution in [0, 0.1) is 17.3 Å². The summed E-state index contributed by atoms with van der Waals surface area (Å²) < 4.78 is 0. The molecule has 0 saturated heterocycles. The quantitative estimate of drug-likeness (QED) is 0.772. The summed E-state index contributed by atoms with van der Waals surface area (Å²) in [6.07, 6.45) is 8.41. The van der Waals surface area contributed by atoms with Crippen molar-refractivity contribution in [2.24, 2.45) is 23.0 Å². The fourth-order valence-electron chi connectivity index (χ4n) is 3.76. The maximum Gasteiger partial charge on any atom is 0.0690 e. The Morgan fingerprint density at radius 3 is 2.44 bits per heavy atom. The lowest BCUT2D eigenvalue weighted by atomic mass is 9.64. The first-order chi connectivity index (χ1) is 7.49. The van der Waals surface area contributed by atoms with Crippen LogP contribution in [0.4, 0.5) is 0 Å². The molecule has 2 nitrogen and oxygen atoms in total. The Morgan fingerprint density at radius 2 is 2.06 bits per heavy atom. The number of aliphatic hydroxyl groups is 1. The number of hydrogen-bond donors (Lipinski definition) is 2. The van der Waals surface area contributed by atoms with Crippen molar-refractivity contribution in [2.45, 2.75) is 64.4 Å². The largest absolute Gasteiger partial charge is 0.390 e. The summed E-state index contributed by atoms with van der Waals surface area (Å²) in [5.74, 6) is 1.49. The third-order valence-corrected chi connectivity index (χ3v) is 5.30. The molecule has 2 aliphatic rings. The Morgan fingerprint density at radius 1 is 1.38 bits per heavy atom. The zero-order valence-electron chi connectivity index (χ0n) is 10.8. The van der Waals surface area contributed by atoms with E-state index in [0.717, 1.165) is 31.1 Å². The van der Waals surface area contributed by atoms with Gasteiger partial charge in [-0.15, -0.1) is 0 Å². The van der Waals surface area contributed by atoms with E-state index in [1.165, 1.54) is 25.7 Å². The predicted molar refractivity (Wildman–Crippen MR) is 67.1 cm³/mol. The third kappa shape index (κ3) is 2.02. The molecule has 3 atom stereocenters. The van der Waals surface area contributed by atoms with Gasteiger partial charge in [0.25, 0.3) is 0 Å². The van der Waals surface area contributed by atoms with E-state index in [2.05, 4.69) is 6.92 Å². The molecular weight excluding hydrogens is 198 g/mol. The first kappa shape index (κ1) is 12.4. The second-order valence-electron chi connectivity index (χ2n) is 6.61. The van der Waals surface area contributed by atoms with Crippen molar-refractivity contribution in [3.05, 3.63) is 0 Å². The highest BCUT2D eigenvalue weighted by Crippen LogP contribution is 2.51. The van der Waals surface area contributed by atoms with E-state index in [9.17, 15) is 5.11 Å². The molecule has 0 aliphatic heterocycles. The van der Waals surface area contributed by atoms with Crippen molar-refractivity contribution >= 4 is 0 Å². The summed E-state index contributed by atoms with van der Waals surface area (Å²) in [5.41, 5.74) is 5.45. The van der Waals surface area contributed by atoms with Crippen LogP contribution in [-0.4, -0.2) is 17.3 Å². The summed E-state index contributed by atoms with van der Waals surface area (Å²) in [4.78, 5) is 0. The summed E-state index contributed by atoms with van der Waals surface area (Å²) in [6.45, 7) is 4.98. The van der Waals surface area contributed by atoms with Crippen molar-refractivity contribution in [3.63, 3.8) is 0 Å². The second-order valence-corrected chi connectivity index (χ2v) is 6.61. The van der Waals surface area contributed by atoms with Gasteiger partial charge >= 0.3 is 0 Å². The van der Waals surface area contributed by atoms with Gasteiger partial charge in [-0.25, -0.2) is 0 Å². The average molecular weight is 225 g/mol. The number of hydrogen-bond acceptors (Lipinski definition) is 2. The van der Waals surface area contributed by atoms with Gasteiger partial charge in [-0.3, -0.25) is 0 Å². The maximum atomic E-state index is 10.8. The molecule has 0 aromatic carbocycles. The minimum Gasteiger partial charge on any atom is -0.390 e. The molecule has 94 valence electrons. The molecule has 0 amide bonds. The lowest BCUT2D eigenvalue weighted by Gasteiger charge is -2.46. The summed E-state index contributed by atoms with van der Waals surface area (Å²) in [6, 6.07) is 0. The molecule has 2 rings (SSSR count). The highest BCUT2D eigenvalue weighted by atomic mass is 16.3. The van der Waals surface area contributed by atoms with E-state index in [1.807, 2.05) is 6.92 Å². The molecule has 2 heteroatoms. The van der Waals surface area contributed by atoms with Gasteiger partial charge in [0.15, 0.2) is 0 Å². The summed E-state index contributed by atoms with van der Waals surface area (Å²) in [7, 11) is 0. The first-order valence-electron chi connectivity index (χ1n) is 6.91. The van der Waals surface area contributed by atoms with Crippen molar-refractivity contribution in [1.82, 2.24) is 0 Å². The molecule has 3 unspecified atom stereocenters. The third-order valence-electron chi connectivity index (χ3n) is 5.30. The minimum absolute atomic E-state index is 0.00199. The van der Waals surface area contributed by atoms with Gasteiger partial charge in [0.05, 0.1) is 5.60 Å². The van der Waals surface area contributed by atoms with Crippen LogP contribution in [0.2, 0.25) is 0 Å². The average Bonchev–Trinajstić information content (AvgIpc) is 2.56. The Hall–Kier alpha value is -0.0800.